The van der Waals surface area contributed by atoms with Crippen molar-refractivity contribution in [1.82, 2.24) is 14.7 Å². The number of nitrogens with one attached hydrogen (secondary N) is 2. The molecular formula is C21H24N4O4S2. The van der Waals surface area contributed by atoms with Gasteiger partial charge in [-0.05, 0) is 61.2 Å². The first-order valence-corrected chi connectivity index (χ1v) is 12.2. The van der Waals surface area contributed by atoms with Crippen LogP contribution in [0.4, 0.5) is 5.13 Å². The number of anilines is 1. The van der Waals surface area contributed by atoms with E-state index >= 15 is 0 Å². The van der Waals surface area contributed by atoms with Gasteiger partial charge in [0.15, 0.2) is 0 Å². The second-order valence-electron chi connectivity index (χ2n) is 7.54. The highest BCUT2D eigenvalue weighted by Gasteiger charge is 2.28. The van der Waals surface area contributed by atoms with Gasteiger partial charge in [-0.2, -0.15) is 4.31 Å². The van der Waals surface area contributed by atoms with Crippen molar-refractivity contribution in [3.05, 3.63) is 48.0 Å². The van der Waals surface area contributed by atoms with Gasteiger partial charge in [-0.3, -0.25) is 15.6 Å². The van der Waals surface area contributed by atoms with Gasteiger partial charge in [0, 0.05) is 18.7 Å². The minimum absolute atomic E-state index is 0.201. The Bertz CT molecular complexity index is 1180. The number of amides is 1. The zero-order valence-electron chi connectivity index (χ0n) is 17.3. The fraction of sp³-hybridized carbons (Fsp3) is 0.333. The van der Waals surface area contributed by atoms with Crippen molar-refractivity contribution in [3.8, 4) is 5.75 Å². The van der Waals surface area contributed by atoms with E-state index in [2.05, 4.69) is 22.8 Å². The van der Waals surface area contributed by atoms with Crippen LogP contribution in [0.5, 0.6) is 5.75 Å². The Kier molecular flexibility index (Phi) is 6.12. The van der Waals surface area contributed by atoms with Crippen LogP contribution in [0.2, 0.25) is 0 Å². The molecule has 1 saturated heterocycles. The lowest BCUT2D eigenvalue weighted by Crippen LogP contribution is -2.37. The van der Waals surface area contributed by atoms with Crippen molar-refractivity contribution < 1.29 is 17.9 Å². The molecule has 0 bridgehead atoms. The average Bonchev–Trinajstić information content (AvgIpc) is 3.20. The Labute approximate surface area is 185 Å². The molecule has 2 N–H and O–H groups in total. The van der Waals surface area contributed by atoms with E-state index in [9.17, 15) is 13.2 Å². The molecule has 0 saturated carbocycles. The number of thiazole rings is 1. The summed E-state index contributed by atoms with van der Waals surface area (Å²) in [5.74, 6) is 0.899. The van der Waals surface area contributed by atoms with Crippen LogP contribution in [0, 0.1) is 5.92 Å². The summed E-state index contributed by atoms with van der Waals surface area (Å²) in [6.07, 6.45) is 1.73. The molecular weight excluding hydrogens is 436 g/mol. The quantitative estimate of drug-likeness (QED) is 0.546. The van der Waals surface area contributed by atoms with Crippen LogP contribution in [0.25, 0.3) is 10.2 Å². The van der Waals surface area contributed by atoms with Crippen LogP contribution < -0.4 is 15.6 Å². The molecule has 8 nitrogen and oxygen atoms in total. The summed E-state index contributed by atoms with van der Waals surface area (Å²) in [6.45, 7) is 3.20. The van der Waals surface area contributed by atoms with Crippen LogP contribution in [0.1, 0.15) is 30.1 Å². The van der Waals surface area contributed by atoms with Gasteiger partial charge in [-0.15, -0.1) is 0 Å². The molecule has 2 heterocycles. The van der Waals surface area contributed by atoms with E-state index in [0.29, 0.717) is 29.7 Å². The van der Waals surface area contributed by atoms with Crippen LogP contribution in [-0.4, -0.2) is 43.8 Å². The van der Waals surface area contributed by atoms with E-state index in [1.807, 2.05) is 18.2 Å². The van der Waals surface area contributed by atoms with E-state index in [-0.39, 0.29) is 10.8 Å². The smallest absolute Gasteiger partial charge is 0.269 e. The van der Waals surface area contributed by atoms with E-state index in [1.54, 1.807) is 7.11 Å². The molecule has 0 atom stereocenters. The number of rotatable bonds is 6. The Morgan fingerprint density at radius 1 is 1.16 bits per heavy atom. The molecule has 1 aliphatic rings. The first kappa shape index (κ1) is 21.5. The summed E-state index contributed by atoms with van der Waals surface area (Å²) in [5.41, 5.74) is 6.55. The predicted molar refractivity (Wildman–Crippen MR) is 121 cm³/mol. The SMILES string of the molecule is COc1ccc2nc(NNC(=O)c3ccc(S(=O)(=O)N4CCC(C)CC4)cc3)sc2c1. The van der Waals surface area contributed by atoms with E-state index in [4.69, 9.17) is 4.74 Å². The highest BCUT2D eigenvalue weighted by molar-refractivity contribution is 7.89. The number of piperidine rings is 1. The maximum atomic E-state index is 12.8. The predicted octanol–water partition coefficient (Wildman–Crippen LogP) is 3.48. The summed E-state index contributed by atoms with van der Waals surface area (Å²) >= 11 is 1.38. The van der Waals surface area contributed by atoms with Crippen molar-refractivity contribution in [2.75, 3.05) is 25.6 Å². The maximum absolute atomic E-state index is 12.8. The number of hydrogen-bond acceptors (Lipinski definition) is 7. The number of carbonyl (C=O) groups is 1. The van der Waals surface area contributed by atoms with Gasteiger partial charge in [0.2, 0.25) is 15.2 Å². The van der Waals surface area contributed by atoms with Crippen LogP contribution >= 0.6 is 11.3 Å². The molecule has 0 unspecified atom stereocenters. The summed E-state index contributed by atoms with van der Waals surface area (Å²) in [5, 5.41) is 0.537. The number of sulfonamides is 1. The largest absolute Gasteiger partial charge is 0.497 e. The standard InChI is InChI=1S/C21H24N4O4S2/c1-14-9-11-25(12-10-14)31(27,28)17-6-3-15(4-7-17)20(26)23-24-21-22-18-8-5-16(29-2)13-19(18)30-21/h3-8,13-14H,9-12H2,1-2H3,(H,22,24)(H,23,26). The van der Waals surface area contributed by atoms with E-state index < -0.39 is 10.0 Å². The molecule has 0 radical (unpaired) electrons. The lowest BCUT2D eigenvalue weighted by molar-refractivity contribution is 0.0962. The van der Waals surface area contributed by atoms with Gasteiger partial charge in [-0.25, -0.2) is 13.4 Å². The second-order valence-corrected chi connectivity index (χ2v) is 10.5. The number of ether oxygens (including phenoxy) is 1. The Balaban J connectivity index is 1.40. The molecule has 4 rings (SSSR count). The van der Waals surface area contributed by atoms with Crippen molar-refractivity contribution >= 4 is 42.6 Å². The lowest BCUT2D eigenvalue weighted by atomic mass is 10.0. The number of aromatic nitrogens is 1. The fourth-order valence-electron chi connectivity index (χ4n) is 3.42. The maximum Gasteiger partial charge on any atom is 0.269 e. The van der Waals surface area contributed by atoms with Gasteiger partial charge in [-0.1, -0.05) is 18.3 Å². The molecule has 1 aromatic heterocycles. The van der Waals surface area contributed by atoms with Crippen LogP contribution in [-0.2, 0) is 10.0 Å². The lowest BCUT2D eigenvalue weighted by Gasteiger charge is -2.29. The third-order valence-corrected chi connectivity index (χ3v) is 8.22. The minimum Gasteiger partial charge on any atom is -0.497 e. The number of benzene rings is 2. The molecule has 0 spiro atoms. The number of nitrogens with zero attached hydrogens (tertiary/aromatic N) is 2. The molecule has 1 aliphatic heterocycles. The van der Waals surface area contributed by atoms with Crippen molar-refractivity contribution in [2.24, 2.45) is 5.92 Å². The summed E-state index contributed by atoms with van der Waals surface area (Å²) < 4.78 is 33.3. The monoisotopic (exact) mass is 460 g/mol. The van der Waals surface area contributed by atoms with E-state index in [0.717, 1.165) is 28.8 Å². The topological polar surface area (TPSA) is 101 Å². The first-order chi connectivity index (χ1) is 14.9. The average molecular weight is 461 g/mol. The number of fused-ring (bicyclic) bond motifs is 1. The fourth-order valence-corrected chi connectivity index (χ4v) is 5.74. The number of carbonyl (C=O) groups excluding carboxylic acids is 1. The molecule has 10 heteroatoms. The first-order valence-electron chi connectivity index (χ1n) is 9.98. The molecule has 2 aromatic carbocycles. The Morgan fingerprint density at radius 2 is 1.87 bits per heavy atom. The minimum atomic E-state index is -3.54. The Hall–Kier alpha value is -2.69. The van der Waals surface area contributed by atoms with Crippen LogP contribution in [0.15, 0.2) is 47.4 Å². The molecule has 1 amide bonds. The number of hydrazine groups is 1. The molecule has 31 heavy (non-hydrogen) atoms. The van der Waals surface area contributed by atoms with Gasteiger partial charge < -0.3 is 4.74 Å². The number of hydrogen-bond donors (Lipinski definition) is 2. The zero-order chi connectivity index (χ0) is 22.0. The summed E-state index contributed by atoms with van der Waals surface area (Å²) in [7, 11) is -1.93. The normalized spacial score (nSPS) is 15.7. The summed E-state index contributed by atoms with van der Waals surface area (Å²) in [4.78, 5) is 17.1. The van der Waals surface area contributed by atoms with Gasteiger partial charge >= 0.3 is 0 Å². The second kappa shape index (κ2) is 8.81. The van der Waals surface area contributed by atoms with Crippen molar-refractivity contribution in [2.45, 2.75) is 24.7 Å². The molecule has 1 fully saturated rings. The van der Waals surface area contributed by atoms with Gasteiger partial charge in [0.25, 0.3) is 5.91 Å². The Morgan fingerprint density at radius 3 is 2.55 bits per heavy atom. The van der Waals surface area contributed by atoms with Crippen LogP contribution in [0.3, 0.4) is 0 Å². The molecule has 3 aromatic rings. The zero-order valence-corrected chi connectivity index (χ0v) is 18.9. The molecule has 164 valence electrons. The number of methoxy groups -OCH3 is 1. The van der Waals surface area contributed by atoms with Crippen molar-refractivity contribution in [1.29, 1.82) is 0 Å². The highest BCUT2D eigenvalue weighted by atomic mass is 32.2. The summed E-state index contributed by atoms with van der Waals surface area (Å²) in [6, 6.07) is 11.5. The molecule has 0 aliphatic carbocycles. The highest BCUT2D eigenvalue weighted by Crippen LogP contribution is 2.29. The van der Waals surface area contributed by atoms with Gasteiger partial charge in [0.1, 0.15) is 5.75 Å². The van der Waals surface area contributed by atoms with Crippen molar-refractivity contribution in [3.63, 3.8) is 0 Å². The third kappa shape index (κ3) is 4.65. The van der Waals surface area contributed by atoms with Gasteiger partial charge in [0.05, 0.1) is 22.2 Å². The third-order valence-electron chi connectivity index (χ3n) is 5.38. The van der Waals surface area contributed by atoms with E-state index in [1.165, 1.54) is 39.9 Å².